The van der Waals surface area contributed by atoms with E-state index < -0.39 is 11.4 Å². The van der Waals surface area contributed by atoms with Gasteiger partial charge in [-0.1, -0.05) is 0 Å². The number of fused-ring (bicyclic) bond motifs is 4. The fraction of sp³-hybridized carbons (Fsp3) is 0.571. The van der Waals surface area contributed by atoms with Gasteiger partial charge in [0.1, 0.15) is 11.8 Å². The zero-order chi connectivity index (χ0) is 27.8. The molecule has 2 atom stereocenters. The largest absolute Gasteiger partial charge is 0.478 e. The van der Waals surface area contributed by atoms with Gasteiger partial charge >= 0.3 is 5.69 Å². The molecule has 2 N–H and O–H groups in total. The van der Waals surface area contributed by atoms with E-state index in [1.807, 2.05) is 19.9 Å². The highest BCUT2D eigenvalue weighted by atomic mass is 19.1. The Labute approximate surface area is 231 Å². The van der Waals surface area contributed by atoms with Crippen LogP contribution in [-0.4, -0.2) is 66.6 Å². The van der Waals surface area contributed by atoms with E-state index in [0.29, 0.717) is 42.2 Å². The fourth-order valence-corrected chi connectivity index (χ4v) is 6.74. The van der Waals surface area contributed by atoms with Gasteiger partial charge < -0.3 is 20.1 Å². The number of nitrogens with one attached hydrogen (secondary N) is 2. The molecule has 212 valence electrons. The van der Waals surface area contributed by atoms with Crippen molar-refractivity contribution in [1.82, 2.24) is 29.2 Å². The smallest absolute Gasteiger partial charge is 0.351 e. The van der Waals surface area contributed by atoms with Crippen molar-refractivity contribution in [2.45, 2.75) is 82.6 Å². The highest BCUT2D eigenvalue weighted by molar-refractivity contribution is 5.64. The van der Waals surface area contributed by atoms with Crippen LogP contribution in [0.2, 0.25) is 0 Å². The number of benzene rings is 1. The van der Waals surface area contributed by atoms with Crippen LogP contribution >= 0.6 is 0 Å². The molecule has 0 saturated carbocycles. The second-order valence-electron chi connectivity index (χ2n) is 12.5. The van der Waals surface area contributed by atoms with E-state index in [1.54, 1.807) is 16.7 Å². The Hall–Kier alpha value is -3.51. The standard InChI is InChI=1S/C28H35FN8O3/c1-27(2)12-17(10-18-6-5-9-35(18)27)31-23-20(29)13-30-25(33-23)32-16-7-8-22-21(11-16)36-24(28(3,4)40-22)34-37(26(36)38)19-14-39-15-19/h7-8,11,13,17-19H,5-6,9-10,12,14-15H2,1-4H3,(H2,30,31,32,33). The lowest BCUT2D eigenvalue weighted by molar-refractivity contribution is -0.0308. The molecule has 40 heavy (non-hydrogen) atoms. The first-order valence-corrected chi connectivity index (χ1v) is 14.1. The first-order valence-electron chi connectivity index (χ1n) is 14.1. The SMILES string of the molecule is CC1(C)Oc2ccc(Nc3ncc(F)c(NC4CC5CCCN5C(C)(C)C4)n3)cc2-n2c1nn(C1COC1)c2=O. The number of halogens is 1. The molecule has 0 aliphatic carbocycles. The molecule has 4 aliphatic rings. The average Bonchev–Trinajstić information content (AvgIpc) is 3.47. The second kappa shape index (κ2) is 9.00. The third-order valence-electron chi connectivity index (χ3n) is 8.67. The molecule has 6 heterocycles. The van der Waals surface area contributed by atoms with E-state index >= 15 is 0 Å². The molecule has 1 aromatic carbocycles. The highest BCUT2D eigenvalue weighted by Gasteiger charge is 2.43. The van der Waals surface area contributed by atoms with E-state index in [9.17, 15) is 9.18 Å². The lowest BCUT2D eigenvalue weighted by Gasteiger charge is -2.47. The molecular formula is C28H35FN8O3. The summed E-state index contributed by atoms with van der Waals surface area (Å²) in [4.78, 5) is 24.7. The molecular weight excluding hydrogens is 515 g/mol. The molecule has 12 heteroatoms. The van der Waals surface area contributed by atoms with Crippen molar-refractivity contribution in [1.29, 1.82) is 0 Å². The van der Waals surface area contributed by atoms with Crippen molar-refractivity contribution in [2.24, 2.45) is 0 Å². The number of anilines is 3. The van der Waals surface area contributed by atoms with Crippen molar-refractivity contribution in [3.63, 3.8) is 0 Å². The Kier molecular flexibility index (Phi) is 5.73. The maximum absolute atomic E-state index is 14.8. The highest BCUT2D eigenvalue weighted by Crippen LogP contribution is 2.40. The van der Waals surface area contributed by atoms with Crippen LogP contribution < -0.4 is 21.1 Å². The van der Waals surface area contributed by atoms with E-state index in [1.165, 1.54) is 23.7 Å². The molecule has 3 saturated heterocycles. The van der Waals surface area contributed by atoms with Gasteiger partial charge in [0.2, 0.25) is 5.95 Å². The number of nitrogens with zero attached hydrogens (tertiary/aromatic N) is 6. The monoisotopic (exact) mass is 550 g/mol. The van der Waals surface area contributed by atoms with Crippen LogP contribution in [0.25, 0.3) is 5.69 Å². The van der Waals surface area contributed by atoms with Gasteiger partial charge in [-0.2, -0.15) is 4.98 Å². The van der Waals surface area contributed by atoms with Crippen LogP contribution in [0.15, 0.2) is 29.2 Å². The number of piperidine rings is 1. The molecule has 2 unspecified atom stereocenters. The molecule has 0 amide bonds. The Morgan fingerprint density at radius 1 is 1.15 bits per heavy atom. The van der Waals surface area contributed by atoms with Crippen LogP contribution in [0, 0.1) is 5.82 Å². The van der Waals surface area contributed by atoms with E-state index in [0.717, 1.165) is 19.4 Å². The molecule has 2 aromatic heterocycles. The molecule has 4 aliphatic heterocycles. The summed E-state index contributed by atoms with van der Waals surface area (Å²) < 4.78 is 29.4. The average molecular weight is 551 g/mol. The Bertz CT molecular complexity index is 1530. The van der Waals surface area contributed by atoms with E-state index in [-0.39, 0.29) is 35.1 Å². The number of ether oxygens (including phenoxy) is 2. The van der Waals surface area contributed by atoms with Crippen LogP contribution in [0.3, 0.4) is 0 Å². The molecule has 3 fully saturated rings. The summed E-state index contributed by atoms with van der Waals surface area (Å²) in [6.45, 7) is 10.4. The summed E-state index contributed by atoms with van der Waals surface area (Å²) in [5, 5.41) is 11.2. The van der Waals surface area contributed by atoms with Gasteiger partial charge in [0.25, 0.3) is 0 Å². The van der Waals surface area contributed by atoms with Gasteiger partial charge in [0.05, 0.1) is 25.1 Å². The van der Waals surface area contributed by atoms with Crippen LogP contribution in [0.5, 0.6) is 5.75 Å². The molecule has 3 aromatic rings. The normalized spacial score (nSPS) is 24.8. The zero-order valence-electron chi connectivity index (χ0n) is 23.3. The predicted octanol–water partition coefficient (Wildman–Crippen LogP) is 3.72. The molecule has 0 radical (unpaired) electrons. The summed E-state index contributed by atoms with van der Waals surface area (Å²) in [6.07, 6.45) is 5.45. The minimum atomic E-state index is -0.791. The van der Waals surface area contributed by atoms with E-state index in [2.05, 4.69) is 44.4 Å². The van der Waals surface area contributed by atoms with Crippen molar-refractivity contribution in [3.05, 3.63) is 46.5 Å². The third-order valence-corrected chi connectivity index (χ3v) is 8.67. The molecule has 0 bridgehead atoms. The Morgan fingerprint density at radius 2 is 1.98 bits per heavy atom. The maximum Gasteiger partial charge on any atom is 0.351 e. The van der Waals surface area contributed by atoms with Gasteiger partial charge in [-0.25, -0.2) is 23.4 Å². The topological polar surface area (TPSA) is 111 Å². The summed E-state index contributed by atoms with van der Waals surface area (Å²) in [5.74, 6) is 1.05. The third kappa shape index (κ3) is 4.15. The van der Waals surface area contributed by atoms with Gasteiger partial charge in [-0.3, -0.25) is 4.90 Å². The molecule has 0 spiro atoms. The van der Waals surface area contributed by atoms with Gasteiger partial charge in [0.15, 0.2) is 23.1 Å². The maximum atomic E-state index is 14.8. The number of hydrogen-bond donors (Lipinski definition) is 2. The minimum Gasteiger partial charge on any atom is -0.478 e. The molecule has 11 nitrogen and oxygen atoms in total. The lowest BCUT2D eigenvalue weighted by atomic mass is 9.84. The minimum absolute atomic E-state index is 0.0534. The summed E-state index contributed by atoms with van der Waals surface area (Å²) in [7, 11) is 0. The van der Waals surface area contributed by atoms with E-state index in [4.69, 9.17) is 9.47 Å². The zero-order valence-corrected chi connectivity index (χ0v) is 23.3. The summed E-state index contributed by atoms with van der Waals surface area (Å²) in [5.41, 5.74) is 0.233. The van der Waals surface area contributed by atoms with Gasteiger partial charge in [-0.15, -0.1) is 5.10 Å². The lowest BCUT2D eigenvalue weighted by Crippen LogP contribution is -2.55. The Balaban J connectivity index is 1.15. The van der Waals surface area contributed by atoms with Crippen LogP contribution in [0.4, 0.5) is 21.8 Å². The van der Waals surface area contributed by atoms with Crippen LogP contribution in [-0.2, 0) is 10.3 Å². The number of aromatic nitrogens is 5. The summed E-state index contributed by atoms with van der Waals surface area (Å²) in [6, 6.07) is 5.99. The molecule has 7 rings (SSSR count). The van der Waals surface area contributed by atoms with Gasteiger partial charge in [0, 0.05) is 23.3 Å². The van der Waals surface area contributed by atoms with Crippen molar-refractivity contribution < 1.29 is 13.9 Å². The van der Waals surface area contributed by atoms with Gasteiger partial charge in [-0.05, 0) is 78.1 Å². The van der Waals surface area contributed by atoms with Crippen molar-refractivity contribution in [2.75, 3.05) is 30.4 Å². The fourth-order valence-electron chi connectivity index (χ4n) is 6.74. The predicted molar refractivity (Wildman–Crippen MR) is 147 cm³/mol. The Morgan fingerprint density at radius 3 is 2.75 bits per heavy atom. The number of hydrogen-bond acceptors (Lipinski definition) is 9. The van der Waals surface area contributed by atoms with Crippen molar-refractivity contribution in [3.8, 4) is 11.4 Å². The summed E-state index contributed by atoms with van der Waals surface area (Å²) >= 11 is 0. The van der Waals surface area contributed by atoms with Crippen molar-refractivity contribution >= 4 is 17.5 Å². The second-order valence-corrected chi connectivity index (χ2v) is 12.5. The first-order chi connectivity index (χ1) is 19.1. The number of rotatable bonds is 5. The first kappa shape index (κ1) is 25.5. The quantitative estimate of drug-likeness (QED) is 0.491. The van der Waals surface area contributed by atoms with Crippen LogP contribution in [0.1, 0.15) is 65.2 Å².